The van der Waals surface area contributed by atoms with Gasteiger partial charge in [-0.3, -0.25) is 9.58 Å². The zero-order chi connectivity index (χ0) is 13.9. The van der Waals surface area contributed by atoms with Crippen LogP contribution in [-0.2, 0) is 18.2 Å². The Morgan fingerprint density at radius 2 is 2.35 bits per heavy atom. The number of ether oxygens (including phenoxy) is 1. The summed E-state index contributed by atoms with van der Waals surface area (Å²) in [6.45, 7) is 2.91. The Balaban J connectivity index is 1.61. The molecule has 0 unspecified atom stereocenters. The van der Waals surface area contributed by atoms with Gasteiger partial charge < -0.3 is 4.74 Å². The third kappa shape index (κ3) is 2.59. The maximum Gasteiger partial charge on any atom is 0.0894 e. The molecule has 1 aliphatic heterocycles. The van der Waals surface area contributed by atoms with Gasteiger partial charge in [-0.2, -0.15) is 20.5 Å². The lowest BCUT2D eigenvalue weighted by atomic mass is 10.0. The van der Waals surface area contributed by atoms with Crippen LogP contribution in [0.1, 0.15) is 17.3 Å². The van der Waals surface area contributed by atoms with Crippen LogP contribution < -0.4 is 0 Å². The molecule has 7 nitrogen and oxygen atoms in total. The average molecular weight is 276 g/mol. The number of hydrogen-bond donors (Lipinski definition) is 1. The Kier molecular flexibility index (Phi) is 3.79. The molecule has 20 heavy (non-hydrogen) atoms. The van der Waals surface area contributed by atoms with Crippen LogP contribution in [0.25, 0.3) is 0 Å². The average Bonchev–Trinajstić information content (AvgIpc) is 3.16. The van der Waals surface area contributed by atoms with Gasteiger partial charge in [-0.15, -0.1) is 0 Å². The highest BCUT2D eigenvalue weighted by molar-refractivity contribution is 5.10. The van der Waals surface area contributed by atoms with Gasteiger partial charge in [-0.1, -0.05) is 0 Å². The highest BCUT2D eigenvalue weighted by atomic mass is 16.5. The van der Waals surface area contributed by atoms with Gasteiger partial charge in [0.1, 0.15) is 0 Å². The van der Waals surface area contributed by atoms with Crippen molar-refractivity contribution in [1.82, 2.24) is 30.1 Å². The van der Waals surface area contributed by atoms with Crippen LogP contribution in [0, 0.1) is 0 Å². The van der Waals surface area contributed by atoms with Crippen LogP contribution in [0.5, 0.6) is 0 Å². The molecule has 0 radical (unpaired) electrons. The summed E-state index contributed by atoms with van der Waals surface area (Å²) in [5.41, 5.74) is 2.24. The molecule has 2 aromatic rings. The molecule has 0 saturated carbocycles. The Labute approximate surface area is 117 Å². The molecule has 3 rings (SSSR count). The molecule has 1 aliphatic rings. The monoisotopic (exact) mass is 276 g/mol. The Hall–Kier alpha value is -1.73. The van der Waals surface area contributed by atoms with Crippen LogP contribution in [0.3, 0.4) is 0 Å². The van der Waals surface area contributed by atoms with Crippen molar-refractivity contribution in [3.8, 4) is 0 Å². The van der Waals surface area contributed by atoms with E-state index in [1.165, 1.54) is 5.69 Å². The van der Waals surface area contributed by atoms with Crippen molar-refractivity contribution in [3.63, 3.8) is 0 Å². The minimum atomic E-state index is 0.187. The Bertz CT molecular complexity index is 537. The predicted octanol–water partition coefficient (Wildman–Crippen LogP) is 0.195. The summed E-state index contributed by atoms with van der Waals surface area (Å²) in [4.78, 5) is 2.42. The lowest BCUT2D eigenvalue weighted by molar-refractivity contribution is 0.0964. The third-order valence-electron chi connectivity index (χ3n) is 4.06. The molecule has 0 spiro atoms. The van der Waals surface area contributed by atoms with E-state index < -0.39 is 0 Å². The van der Waals surface area contributed by atoms with E-state index in [4.69, 9.17) is 4.74 Å². The standard InChI is InChI=1S/C13H20N6O/c1-18-10(3-5-15-18)4-6-19-8-11(13(9-19)20-2)12-7-14-17-16-12/h3,5,7,11,13H,4,6,8-9H2,1-2H3,(H,14,16,17)/t11-,13+/m0/s1. The zero-order valence-electron chi connectivity index (χ0n) is 11.9. The van der Waals surface area contributed by atoms with Crippen LogP contribution in [0.2, 0.25) is 0 Å². The number of hydrogen-bond acceptors (Lipinski definition) is 5. The Morgan fingerprint density at radius 3 is 3.00 bits per heavy atom. The topological polar surface area (TPSA) is 71.9 Å². The molecule has 2 aromatic heterocycles. The molecule has 0 aliphatic carbocycles. The largest absolute Gasteiger partial charge is 0.379 e. The molecule has 7 heteroatoms. The van der Waals surface area contributed by atoms with E-state index in [9.17, 15) is 0 Å². The van der Waals surface area contributed by atoms with E-state index in [-0.39, 0.29) is 6.10 Å². The predicted molar refractivity (Wildman–Crippen MR) is 73.3 cm³/mol. The summed E-state index contributed by atoms with van der Waals surface area (Å²) < 4.78 is 7.53. The van der Waals surface area contributed by atoms with Gasteiger partial charge in [-0.05, 0) is 6.07 Å². The lowest BCUT2D eigenvalue weighted by Gasteiger charge is -2.15. The highest BCUT2D eigenvalue weighted by Crippen LogP contribution is 2.27. The van der Waals surface area contributed by atoms with Gasteiger partial charge >= 0.3 is 0 Å². The normalized spacial score (nSPS) is 23.5. The number of methoxy groups -OCH3 is 1. The maximum absolute atomic E-state index is 5.60. The number of aromatic amines is 1. The van der Waals surface area contributed by atoms with Crippen molar-refractivity contribution >= 4 is 0 Å². The summed E-state index contributed by atoms with van der Waals surface area (Å²) in [5.74, 6) is 0.297. The number of rotatable bonds is 5. The second kappa shape index (κ2) is 5.72. The fraction of sp³-hybridized carbons (Fsp3) is 0.615. The van der Waals surface area contributed by atoms with Crippen molar-refractivity contribution in [2.45, 2.75) is 18.4 Å². The zero-order valence-corrected chi connectivity index (χ0v) is 11.9. The minimum absolute atomic E-state index is 0.187. The van der Waals surface area contributed by atoms with Gasteiger partial charge in [0.25, 0.3) is 0 Å². The SMILES string of the molecule is CO[C@@H]1CN(CCc2ccnn2C)C[C@H]1c1cn[nH]n1. The van der Waals surface area contributed by atoms with Crippen molar-refractivity contribution in [3.05, 3.63) is 29.8 Å². The first kappa shape index (κ1) is 13.3. The molecule has 1 fully saturated rings. The van der Waals surface area contributed by atoms with E-state index in [1.54, 1.807) is 13.3 Å². The van der Waals surface area contributed by atoms with E-state index in [0.29, 0.717) is 5.92 Å². The minimum Gasteiger partial charge on any atom is -0.379 e. The summed E-state index contributed by atoms with van der Waals surface area (Å²) in [6.07, 6.45) is 4.82. The van der Waals surface area contributed by atoms with E-state index in [2.05, 4.69) is 31.5 Å². The van der Waals surface area contributed by atoms with Gasteiger partial charge in [0, 0.05) is 58.0 Å². The molecule has 0 aromatic carbocycles. The van der Waals surface area contributed by atoms with Crippen LogP contribution >= 0.6 is 0 Å². The van der Waals surface area contributed by atoms with Crippen LogP contribution in [0.15, 0.2) is 18.5 Å². The van der Waals surface area contributed by atoms with Crippen molar-refractivity contribution < 1.29 is 4.74 Å². The summed E-state index contributed by atoms with van der Waals surface area (Å²) in [5, 5.41) is 15.0. The first-order valence-corrected chi connectivity index (χ1v) is 6.85. The molecular formula is C13H20N6O. The maximum atomic E-state index is 5.60. The molecule has 108 valence electrons. The molecule has 1 saturated heterocycles. The first-order valence-electron chi connectivity index (χ1n) is 6.85. The number of nitrogens with zero attached hydrogens (tertiary/aromatic N) is 5. The van der Waals surface area contributed by atoms with Crippen molar-refractivity contribution in [2.24, 2.45) is 7.05 Å². The van der Waals surface area contributed by atoms with Crippen LogP contribution in [0.4, 0.5) is 0 Å². The second-order valence-electron chi connectivity index (χ2n) is 5.23. The van der Waals surface area contributed by atoms with Gasteiger partial charge in [0.05, 0.1) is 18.0 Å². The molecular weight excluding hydrogens is 256 g/mol. The summed E-state index contributed by atoms with van der Waals surface area (Å²) in [6, 6.07) is 2.07. The first-order chi connectivity index (χ1) is 9.78. The fourth-order valence-electron chi connectivity index (χ4n) is 2.87. The van der Waals surface area contributed by atoms with E-state index in [0.717, 1.165) is 31.7 Å². The summed E-state index contributed by atoms with van der Waals surface area (Å²) in [7, 11) is 3.75. The fourth-order valence-corrected chi connectivity index (χ4v) is 2.87. The van der Waals surface area contributed by atoms with E-state index >= 15 is 0 Å². The molecule has 0 bridgehead atoms. The Morgan fingerprint density at radius 1 is 1.45 bits per heavy atom. The lowest BCUT2D eigenvalue weighted by Crippen LogP contribution is -2.25. The molecule has 1 N–H and O–H groups in total. The quantitative estimate of drug-likeness (QED) is 0.844. The number of aromatic nitrogens is 5. The number of nitrogens with one attached hydrogen (secondary N) is 1. The molecule has 0 amide bonds. The van der Waals surface area contributed by atoms with Crippen molar-refractivity contribution in [1.29, 1.82) is 0 Å². The van der Waals surface area contributed by atoms with E-state index in [1.807, 2.05) is 17.9 Å². The number of aryl methyl sites for hydroxylation is 1. The number of likely N-dealkylation sites (tertiary alicyclic amines) is 1. The van der Waals surface area contributed by atoms with Crippen LogP contribution in [-0.4, -0.2) is 62.9 Å². The summed E-state index contributed by atoms with van der Waals surface area (Å²) >= 11 is 0. The van der Waals surface area contributed by atoms with Gasteiger partial charge in [-0.25, -0.2) is 0 Å². The van der Waals surface area contributed by atoms with Gasteiger partial charge in [0.2, 0.25) is 0 Å². The number of H-pyrrole nitrogens is 1. The van der Waals surface area contributed by atoms with Gasteiger partial charge in [0.15, 0.2) is 0 Å². The smallest absolute Gasteiger partial charge is 0.0894 e. The third-order valence-corrected chi connectivity index (χ3v) is 4.06. The second-order valence-corrected chi connectivity index (χ2v) is 5.23. The van der Waals surface area contributed by atoms with Crippen molar-refractivity contribution in [2.75, 3.05) is 26.7 Å². The highest BCUT2D eigenvalue weighted by Gasteiger charge is 2.35. The molecule has 3 heterocycles. The molecule has 2 atom stereocenters.